The van der Waals surface area contributed by atoms with Crippen molar-refractivity contribution in [2.45, 2.75) is 12.6 Å². The zero-order chi connectivity index (χ0) is 19.7. The Morgan fingerprint density at radius 1 is 0.963 bits per heavy atom. The highest BCUT2D eigenvalue weighted by atomic mass is 19.4. The molecule has 0 saturated heterocycles. The van der Waals surface area contributed by atoms with Crippen molar-refractivity contribution in [3.05, 3.63) is 59.8 Å². The van der Waals surface area contributed by atoms with Crippen LogP contribution in [0.4, 0.5) is 19.0 Å². The number of nitrogens with zero attached hydrogens (tertiary/aromatic N) is 1. The van der Waals surface area contributed by atoms with E-state index in [1.807, 2.05) is 0 Å². The van der Waals surface area contributed by atoms with Crippen molar-refractivity contribution >= 4 is 17.6 Å². The van der Waals surface area contributed by atoms with Crippen molar-refractivity contribution in [2.24, 2.45) is 0 Å². The van der Waals surface area contributed by atoms with E-state index >= 15 is 0 Å². The Labute approximate surface area is 154 Å². The van der Waals surface area contributed by atoms with Crippen LogP contribution >= 0.6 is 0 Å². The number of hydrogen-bond acceptors (Lipinski definition) is 4. The minimum absolute atomic E-state index is 0.137. The summed E-state index contributed by atoms with van der Waals surface area (Å²) in [5, 5.41) is 8.03. The summed E-state index contributed by atoms with van der Waals surface area (Å²) in [7, 11) is 0. The second-order valence-corrected chi connectivity index (χ2v) is 5.61. The number of carbonyl (C=O) groups is 2. The van der Waals surface area contributed by atoms with Crippen LogP contribution in [-0.4, -0.2) is 36.4 Å². The number of anilines is 1. The molecular formula is C18H19F3N4O2. The molecule has 1 aromatic carbocycles. The van der Waals surface area contributed by atoms with Gasteiger partial charge in [-0.25, -0.2) is 4.98 Å². The lowest BCUT2D eigenvalue weighted by molar-refractivity contribution is -0.137. The molecule has 2 rings (SSSR count). The van der Waals surface area contributed by atoms with Crippen LogP contribution in [0.5, 0.6) is 0 Å². The number of nitrogens with one attached hydrogen (secondary N) is 3. The summed E-state index contributed by atoms with van der Waals surface area (Å²) in [5.41, 5.74) is -0.337. The molecule has 0 unspecified atom stereocenters. The van der Waals surface area contributed by atoms with Gasteiger partial charge in [0, 0.05) is 24.8 Å². The smallest absolute Gasteiger partial charge is 0.370 e. The molecule has 1 aromatic heterocycles. The quantitative estimate of drug-likeness (QED) is 0.615. The fourth-order valence-electron chi connectivity index (χ4n) is 2.11. The zero-order valence-corrected chi connectivity index (χ0v) is 14.3. The molecule has 0 aliphatic heterocycles. The fraction of sp³-hybridized carbons (Fsp3) is 0.278. The molecule has 2 aromatic rings. The molecule has 0 bridgehead atoms. The van der Waals surface area contributed by atoms with Crippen molar-refractivity contribution in [2.75, 3.05) is 25.0 Å². The van der Waals surface area contributed by atoms with Gasteiger partial charge in [0.2, 0.25) is 5.91 Å². The van der Waals surface area contributed by atoms with Gasteiger partial charge in [0.1, 0.15) is 5.82 Å². The highest BCUT2D eigenvalue weighted by Gasteiger charge is 2.30. The van der Waals surface area contributed by atoms with E-state index in [1.165, 1.54) is 6.07 Å². The standard InChI is InChI=1S/C18H19F3N4O2/c19-18(20,21)14-7-8-15(24-11-14)22-9-4-10-23-16(26)12-25-17(27)13-5-2-1-3-6-13/h1-3,5-8,11H,4,9-10,12H2,(H,22,24)(H,23,26)(H,25,27). The van der Waals surface area contributed by atoms with Crippen LogP contribution in [0.1, 0.15) is 22.3 Å². The fourth-order valence-corrected chi connectivity index (χ4v) is 2.11. The van der Waals surface area contributed by atoms with Crippen molar-refractivity contribution in [1.29, 1.82) is 0 Å². The topological polar surface area (TPSA) is 83.1 Å². The van der Waals surface area contributed by atoms with Crippen LogP contribution in [0.25, 0.3) is 0 Å². The minimum atomic E-state index is -4.41. The number of halogens is 3. The molecule has 0 spiro atoms. The van der Waals surface area contributed by atoms with Crippen LogP contribution in [-0.2, 0) is 11.0 Å². The first-order valence-electron chi connectivity index (χ1n) is 8.23. The van der Waals surface area contributed by atoms with Gasteiger partial charge in [0.05, 0.1) is 12.1 Å². The Bertz CT molecular complexity index is 749. The average Bonchev–Trinajstić information content (AvgIpc) is 2.66. The van der Waals surface area contributed by atoms with Gasteiger partial charge in [-0.1, -0.05) is 18.2 Å². The van der Waals surface area contributed by atoms with Gasteiger partial charge in [-0.2, -0.15) is 13.2 Å². The van der Waals surface area contributed by atoms with Crippen LogP contribution in [0.3, 0.4) is 0 Å². The van der Waals surface area contributed by atoms with E-state index in [4.69, 9.17) is 0 Å². The molecule has 0 radical (unpaired) electrons. The molecule has 6 nitrogen and oxygen atoms in total. The predicted octanol–water partition coefficient (Wildman–Crippen LogP) is 2.45. The molecule has 0 atom stereocenters. The molecule has 2 amide bonds. The van der Waals surface area contributed by atoms with Gasteiger partial charge in [0.25, 0.3) is 5.91 Å². The molecule has 1 heterocycles. The number of hydrogen-bond donors (Lipinski definition) is 3. The first kappa shape index (κ1) is 20.2. The van der Waals surface area contributed by atoms with Gasteiger partial charge in [-0.3, -0.25) is 9.59 Å². The Balaban J connectivity index is 1.60. The number of carbonyl (C=O) groups excluding carboxylic acids is 2. The van der Waals surface area contributed by atoms with E-state index < -0.39 is 11.7 Å². The second kappa shape index (κ2) is 9.56. The summed E-state index contributed by atoms with van der Waals surface area (Å²) in [6.45, 7) is 0.643. The molecule has 0 aliphatic rings. The van der Waals surface area contributed by atoms with Gasteiger partial charge < -0.3 is 16.0 Å². The van der Waals surface area contributed by atoms with Crippen LogP contribution < -0.4 is 16.0 Å². The largest absolute Gasteiger partial charge is 0.417 e. The highest BCUT2D eigenvalue weighted by molar-refractivity contribution is 5.96. The second-order valence-electron chi connectivity index (χ2n) is 5.61. The first-order valence-corrected chi connectivity index (χ1v) is 8.23. The summed E-state index contributed by atoms with van der Waals surface area (Å²) in [5.74, 6) is -0.336. The SMILES string of the molecule is O=C(CNC(=O)c1ccccc1)NCCCNc1ccc(C(F)(F)F)cn1. The van der Waals surface area contributed by atoms with Crippen LogP contribution in [0.15, 0.2) is 48.7 Å². The molecule has 27 heavy (non-hydrogen) atoms. The normalized spacial score (nSPS) is 10.9. The lowest BCUT2D eigenvalue weighted by Gasteiger charge is -2.09. The maximum atomic E-state index is 12.4. The maximum absolute atomic E-state index is 12.4. The maximum Gasteiger partial charge on any atom is 0.417 e. The highest BCUT2D eigenvalue weighted by Crippen LogP contribution is 2.28. The number of amides is 2. The van der Waals surface area contributed by atoms with Gasteiger partial charge in [-0.15, -0.1) is 0 Å². The zero-order valence-electron chi connectivity index (χ0n) is 14.3. The Kier molecular flexibility index (Phi) is 7.16. The van der Waals surface area contributed by atoms with Crippen molar-refractivity contribution in [1.82, 2.24) is 15.6 Å². The van der Waals surface area contributed by atoms with Crippen molar-refractivity contribution < 1.29 is 22.8 Å². The van der Waals surface area contributed by atoms with Crippen LogP contribution in [0, 0.1) is 0 Å². The number of benzene rings is 1. The average molecular weight is 380 g/mol. The lowest BCUT2D eigenvalue weighted by atomic mass is 10.2. The van der Waals surface area contributed by atoms with Crippen LogP contribution in [0.2, 0.25) is 0 Å². The lowest BCUT2D eigenvalue weighted by Crippen LogP contribution is -2.37. The van der Waals surface area contributed by atoms with E-state index in [0.29, 0.717) is 30.9 Å². The Morgan fingerprint density at radius 3 is 2.33 bits per heavy atom. The summed E-state index contributed by atoms with van der Waals surface area (Å²) >= 11 is 0. The molecule has 0 fully saturated rings. The molecule has 0 saturated carbocycles. The van der Waals surface area contributed by atoms with Gasteiger partial charge >= 0.3 is 6.18 Å². The van der Waals surface area contributed by atoms with Gasteiger partial charge in [-0.05, 0) is 30.7 Å². The minimum Gasteiger partial charge on any atom is -0.370 e. The third-order valence-corrected chi connectivity index (χ3v) is 3.52. The summed E-state index contributed by atoms with van der Waals surface area (Å²) in [6.07, 6.45) is -3.10. The number of aromatic nitrogens is 1. The van der Waals surface area contributed by atoms with E-state index in [9.17, 15) is 22.8 Å². The molecule has 9 heteroatoms. The molecule has 0 aliphatic carbocycles. The van der Waals surface area contributed by atoms with E-state index in [1.54, 1.807) is 30.3 Å². The summed E-state index contributed by atoms with van der Waals surface area (Å²) in [6, 6.07) is 10.7. The van der Waals surface area contributed by atoms with E-state index in [2.05, 4.69) is 20.9 Å². The number of rotatable bonds is 8. The first-order chi connectivity index (χ1) is 12.9. The summed E-state index contributed by atoms with van der Waals surface area (Å²) in [4.78, 5) is 27.2. The number of pyridine rings is 1. The van der Waals surface area contributed by atoms with Crippen molar-refractivity contribution in [3.8, 4) is 0 Å². The molecule has 144 valence electrons. The van der Waals surface area contributed by atoms with Crippen molar-refractivity contribution in [3.63, 3.8) is 0 Å². The monoisotopic (exact) mass is 380 g/mol. The summed E-state index contributed by atoms with van der Waals surface area (Å²) < 4.78 is 37.3. The third-order valence-electron chi connectivity index (χ3n) is 3.52. The van der Waals surface area contributed by atoms with E-state index in [0.717, 1.165) is 12.3 Å². The molecule has 3 N–H and O–H groups in total. The third kappa shape index (κ3) is 6.96. The Morgan fingerprint density at radius 2 is 1.70 bits per heavy atom. The predicted molar refractivity (Wildman–Crippen MR) is 94.1 cm³/mol. The van der Waals surface area contributed by atoms with Gasteiger partial charge in [0.15, 0.2) is 0 Å². The van der Waals surface area contributed by atoms with E-state index in [-0.39, 0.29) is 18.4 Å². The number of alkyl halides is 3. The molecular weight excluding hydrogens is 361 g/mol. The Hall–Kier alpha value is -3.10.